The van der Waals surface area contributed by atoms with E-state index < -0.39 is 4.92 Å². The summed E-state index contributed by atoms with van der Waals surface area (Å²) >= 11 is 0. The number of aliphatic imine (C=N–C) groups is 1. The van der Waals surface area contributed by atoms with E-state index in [2.05, 4.69) is 4.99 Å². The van der Waals surface area contributed by atoms with E-state index in [1.807, 2.05) is 37.3 Å². The van der Waals surface area contributed by atoms with Crippen LogP contribution in [0.5, 0.6) is 0 Å². The molecule has 7 nitrogen and oxygen atoms in total. The first-order valence-corrected chi connectivity index (χ1v) is 8.29. The van der Waals surface area contributed by atoms with Crippen molar-refractivity contribution in [2.45, 2.75) is 6.92 Å². The Morgan fingerprint density at radius 3 is 2.44 bits per heavy atom. The highest BCUT2D eigenvalue weighted by Gasteiger charge is 2.14. The summed E-state index contributed by atoms with van der Waals surface area (Å²) in [5, 5.41) is 11.0. The maximum absolute atomic E-state index is 12.7. The second-order valence-corrected chi connectivity index (χ2v) is 5.86. The Hall–Kier alpha value is -3.74. The van der Waals surface area contributed by atoms with Gasteiger partial charge >= 0.3 is 0 Å². The molecule has 3 rings (SSSR count). The van der Waals surface area contributed by atoms with E-state index in [9.17, 15) is 14.9 Å². The number of aromatic nitrogens is 2. The van der Waals surface area contributed by atoms with Crippen molar-refractivity contribution in [3.8, 4) is 5.69 Å². The molecule has 0 saturated carbocycles. The van der Waals surface area contributed by atoms with Crippen LogP contribution < -0.4 is 5.56 Å². The fourth-order valence-corrected chi connectivity index (χ4v) is 2.76. The Bertz CT molecular complexity index is 1090. The van der Waals surface area contributed by atoms with Gasteiger partial charge in [-0.1, -0.05) is 30.3 Å². The third-order valence-corrected chi connectivity index (χ3v) is 4.22. The second kappa shape index (κ2) is 7.65. The third kappa shape index (κ3) is 3.62. The van der Waals surface area contributed by atoms with Gasteiger partial charge in [0, 0.05) is 19.3 Å². The first kappa shape index (κ1) is 18.1. The van der Waals surface area contributed by atoms with Crippen LogP contribution in [0.25, 0.3) is 11.8 Å². The van der Waals surface area contributed by atoms with Gasteiger partial charge in [0.05, 0.1) is 21.9 Å². The molecule has 0 bridgehead atoms. The van der Waals surface area contributed by atoms with Crippen LogP contribution in [0.1, 0.15) is 11.3 Å². The van der Waals surface area contributed by atoms with Crippen LogP contribution in [0.15, 0.2) is 70.5 Å². The smallest absolute Gasteiger partial charge is 0.283 e. The van der Waals surface area contributed by atoms with Crippen LogP contribution in [-0.4, -0.2) is 20.5 Å². The van der Waals surface area contributed by atoms with Gasteiger partial charge in [-0.3, -0.25) is 19.6 Å². The van der Waals surface area contributed by atoms with Gasteiger partial charge in [0.2, 0.25) is 0 Å². The number of nitro benzene ring substituents is 1. The Morgan fingerprint density at radius 2 is 1.74 bits per heavy atom. The fraction of sp³-hybridized carbons (Fsp3) is 0.100. The van der Waals surface area contributed by atoms with Gasteiger partial charge in [-0.2, -0.15) is 0 Å². The Balaban J connectivity index is 1.91. The lowest BCUT2D eigenvalue weighted by molar-refractivity contribution is -0.385. The van der Waals surface area contributed by atoms with Crippen molar-refractivity contribution in [1.82, 2.24) is 9.36 Å². The molecule has 3 aromatic rings. The number of hydrogen-bond acceptors (Lipinski definition) is 4. The molecule has 0 aliphatic heterocycles. The molecule has 0 N–H and O–H groups in total. The van der Waals surface area contributed by atoms with E-state index in [0.717, 1.165) is 11.4 Å². The minimum atomic E-state index is -0.434. The molecule has 0 aliphatic rings. The van der Waals surface area contributed by atoms with Gasteiger partial charge < -0.3 is 0 Å². The fourth-order valence-electron chi connectivity index (χ4n) is 2.76. The van der Waals surface area contributed by atoms with Crippen molar-refractivity contribution in [2.75, 3.05) is 0 Å². The molecular formula is C20H18N4O3. The average molecular weight is 362 g/mol. The summed E-state index contributed by atoms with van der Waals surface area (Å²) in [5.41, 5.74) is 2.07. The summed E-state index contributed by atoms with van der Waals surface area (Å²) < 4.78 is 3.30. The van der Waals surface area contributed by atoms with Crippen molar-refractivity contribution in [2.24, 2.45) is 12.0 Å². The molecule has 0 unspecified atom stereocenters. The molecular weight excluding hydrogens is 344 g/mol. The van der Waals surface area contributed by atoms with Gasteiger partial charge in [0.15, 0.2) is 5.69 Å². The van der Waals surface area contributed by atoms with E-state index >= 15 is 0 Å². The lowest BCUT2D eigenvalue weighted by Gasteiger charge is -2.07. The third-order valence-electron chi connectivity index (χ3n) is 4.22. The number of para-hydroxylation sites is 2. The summed E-state index contributed by atoms with van der Waals surface area (Å²) in [4.78, 5) is 27.6. The molecule has 1 heterocycles. The molecule has 2 aromatic carbocycles. The number of allylic oxidation sites excluding steroid dienone is 1. The maximum atomic E-state index is 12.7. The highest BCUT2D eigenvalue weighted by Crippen LogP contribution is 2.19. The quantitative estimate of drug-likeness (QED) is 0.393. The predicted molar refractivity (Wildman–Crippen MR) is 106 cm³/mol. The normalized spacial score (nSPS) is 11.5. The molecule has 0 fully saturated rings. The summed E-state index contributed by atoms with van der Waals surface area (Å²) in [6.45, 7) is 1.82. The van der Waals surface area contributed by atoms with Gasteiger partial charge in [0.1, 0.15) is 0 Å². The first-order chi connectivity index (χ1) is 13.0. The molecule has 0 saturated heterocycles. The number of rotatable bonds is 5. The monoisotopic (exact) mass is 362 g/mol. The Morgan fingerprint density at radius 1 is 1.07 bits per heavy atom. The van der Waals surface area contributed by atoms with Gasteiger partial charge in [-0.05, 0) is 37.3 Å². The first-order valence-electron chi connectivity index (χ1n) is 8.29. The van der Waals surface area contributed by atoms with Gasteiger partial charge in [0.25, 0.3) is 11.2 Å². The van der Waals surface area contributed by atoms with E-state index in [1.54, 1.807) is 46.8 Å². The van der Waals surface area contributed by atoms with Crippen molar-refractivity contribution < 1.29 is 4.92 Å². The molecule has 0 radical (unpaired) electrons. The van der Waals surface area contributed by atoms with Gasteiger partial charge in [-0.25, -0.2) is 9.67 Å². The molecule has 0 amide bonds. The Labute approximate surface area is 155 Å². The average Bonchev–Trinajstić information content (AvgIpc) is 2.89. The lowest BCUT2D eigenvalue weighted by atomic mass is 10.1. The topological polar surface area (TPSA) is 82.4 Å². The van der Waals surface area contributed by atoms with E-state index in [4.69, 9.17) is 0 Å². The van der Waals surface area contributed by atoms with Crippen LogP contribution in [0.3, 0.4) is 0 Å². The highest BCUT2D eigenvalue weighted by molar-refractivity contribution is 5.82. The van der Waals surface area contributed by atoms with Crippen LogP contribution in [0, 0.1) is 17.0 Å². The molecule has 0 atom stereocenters. The summed E-state index contributed by atoms with van der Waals surface area (Å²) in [5.74, 6) is 0. The van der Waals surface area contributed by atoms with Gasteiger partial charge in [-0.15, -0.1) is 0 Å². The predicted octanol–water partition coefficient (Wildman–Crippen LogP) is 3.81. The second-order valence-electron chi connectivity index (χ2n) is 5.86. The Kier molecular flexibility index (Phi) is 5.12. The minimum Gasteiger partial charge on any atom is -0.283 e. The van der Waals surface area contributed by atoms with Crippen LogP contribution in [0.4, 0.5) is 11.4 Å². The SMILES string of the molecule is Cc1c(N=C/C=C/c2ccccc2[N+](=O)[O-])c(=O)n(-c2ccccc2)n1C. The summed E-state index contributed by atoms with van der Waals surface area (Å²) in [6, 6.07) is 15.7. The van der Waals surface area contributed by atoms with E-state index in [0.29, 0.717) is 11.3 Å². The summed E-state index contributed by atoms with van der Waals surface area (Å²) in [7, 11) is 1.80. The van der Waals surface area contributed by atoms with Crippen molar-refractivity contribution in [3.05, 3.63) is 92.4 Å². The lowest BCUT2D eigenvalue weighted by Crippen LogP contribution is -2.19. The largest absolute Gasteiger partial charge is 0.297 e. The van der Waals surface area contributed by atoms with E-state index in [-0.39, 0.29) is 11.2 Å². The molecule has 1 aromatic heterocycles. The number of benzene rings is 2. The van der Waals surface area contributed by atoms with Crippen LogP contribution >= 0.6 is 0 Å². The number of hydrogen-bond donors (Lipinski definition) is 0. The zero-order valence-corrected chi connectivity index (χ0v) is 14.9. The molecule has 0 spiro atoms. The van der Waals surface area contributed by atoms with Crippen LogP contribution in [-0.2, 0) is 7.05 Å². The molecule has 0 aliphatic carbocycles. The highest BCUT2D eigenvalue weighted by atomic mass is 16.6. The van der Waals surface area contributed by atoms with E-state index in [1.165, 1.54) is 12.3 Å². The summed E-state index contributed by atoms with van der Waals surface area (Å²) in [6.07, 6.45) is 4.65. The molecule has 27 heavy (non-hydrogen) atoms. The zero-order chi connectivity index (χ0) is 19.4. The molecule has 7 heteroatoms. The van der Waals surface area contributed by atoms with Crippen LogP contribution in [0.2, 0.25) is 0 Å². The van der Waals surface area contributed by atoms with Crippen molar-refractivity contribution >= 4 is 23.7 Å². The minimum absolute atomic E-state index is 0.0180. The molecule has 136 valence electrons. The van der Waals surface area contributed by atoms with Crippen molar-refractivity contribution in [3.63, 3.8) is 0 Å². The maximum Gasteiger partial charge on any atom is 0.297 e. The number of nitro groups is 1. The number of nitrogens with zero attached hydrogens (tertiary/aromatic N) is 4. The standard InChI is InChI=1S/C20H18N4O3/c1-15-19(20(25)23(22(15)2)17-11-4-3-5-12-17)21-14-8-10-16-9-6-7-13-18(16)24(26)27/h3-14H,1-2H3/b10-8+,21-14?. The zero-order valence-electron chi connectivity index (χ0n) is 14.9. The van der Waals surface area contributed by atoms with Crippen molar-refractivity contribution in [1.29, 1.82) is 0 Å².